The number of carbonyl (C=O) groups excluding carboxylic acids is 1. The van der Waals surface area contributed by atoms with Crippen molar-refractivity contribution >= 4 is 29.3 Å². The molecule has 27 heavy (non-hydrogen) atoms. The number of carbonyl (C=O) groups is 1. The highest BCUT2D eigenvalue weighted by molar-refractivity contribution is 6.32. The molecule has 0 unspecified atom stereocenters. The SMILES string of the molecule is CCOc1cc(/C=C(\C#N)C(=O)Nc2cccc(C)c2)cc(Cl)c1OCC. The van der Waals surface area contributed by atoms with E-state index in [0.29, 0.717) is 41.0 Å². The van der Waals surface area contributed by atoms with Crippen LogP contribution in [0.25, 0.3) is 6.08 Å². The van der Waals surface area contributed by atoms with Gasteiger partial charge in [0.15, 0.2) is 11.5 Å². The van der Waals surface area contributed by atoms with Crippen molar-refractivity contribution in [3.8, 4) is 17.6 Å². The van der Waals surface area contributed by atoms with Crippen molar-refractivity contribution in [3.05, 3.63) is 58.1 Å². The zero-order valence-electron chi connectivity index (χ0n) is 15.5. The second-order valence-corrected chi connectivity index (χ2v) is 6.10. The third kappa shape index (κ3) is 5.50. The Bertz CT molecular complexity index is 901. The molecule has 1 N–H and O–H groups in total. The highest BCUT2D eigenvalue weighted by Gasteiger charge is 2.14. The molecular weight excluding hydrogens is 364 g/mol. The Balaban J connectivity index is 2.33. The van der Waals surface area contributed by atoms with Crippen molar-refractivity contribution in [2.45, 2.75) is 20.8 Å². The van der Waals surface area contributed by atoms with E-state index in [-0.39, 0.29) is 5.57 Å². The minimum atomic E-state index is -0.494. The number of amides is 1. The highest BCUT2D eigenvalue weighted by atomic mass is 35.5. The Hall–Kier alpha value is -2.97. The van der Waals surface area contributed by atoms with Crippen LogP contribution in [0.15, 0.2) is 42.0 Å². The molecule has 0 heterocycles. The molecule has 0 fully saturated rings. The lowest BCUT2D eigenvalue weighted by molar-refractivity contribution is -0.112. The monoisotopic (exact) mass is 384 g/mol. The van der Waals surface area contributed by atoms with Crippen molar-refractivity contribution in [1.82, 2.24) is 0 Å². The average molecular weight is 385 g/mol. The van der Waals surface area contributed by atoms with Crippen molar-refractivity contribution < 1.29 is 14.3 Å². The van der Waals surface area contributed by atoms with E-state index in [1.165, 1.54) is 6.08 Å². The molecule has 1 amide bonds. The molecule has 0 saturated carbocycles. The molecule has 140 valence electrons. The number of aryl methyl sites for hydroxylation is 1. The second-order valence-electron chi connectivity index (χ2n) is 5.69. The standard InChI is InChI=1S/C21H21ClN2O3/c1-4-26-19-12-15(11-18(22)20(19)27-5-2)10-16(13-23)21(25)24-17-8-6-7-14(3)9-17/h6-12H,4-5H2,1-3H3,(H,24,25)/b16-10+. The van der Waals surface area contributed by atoms with E-state index in [2.05, 4.69) is 5.32 Å². The number of rotatable bonds is 7. The minimum absolute atomic E-state index is 0.0424. The number of hydrogen-bond acceptors (Lipinski definition) is 4. The number of nitrogens with one attached hydrogen (secondary N) is 1. The smallest absolute Gasteiger partial charge is 0.266 e. The van der Waals surface area contributed by atoms with Crippen molar-refractivity contribution in [2.24, 2.45) is 0 Å². The molecule has 0 atom stereocenters. The van der Waals surface area contributed by atoms with Gasteiger partial charge in [0.05, 0.1) is 18.2 Å². The van der Waals surface area contributed by atoms with Crippen LogP contribution in [0.1, 0.15) is 25.0 Å². The van der Waals surface area contributed by atoms with E-state index in [0.717, 1.165) is 5.56 Å². The topological polar surface area (TPSA) is 71.3 Å². The summed E-state index contributed by atoms with van der Waals surface area (Å²) in [4.78, 5) is 12.4. The Morgan fingerprint density at radius 1 is 1.22 bits per heavy atom. The fourth-order valence-corrected chi connectivity index (χ4v) is 2.73. The molecule has 2 rings (SSSR count). The number of hydrogen-bond donors (Lipinski definition) is 1. The molecule has 0 aliphatic heterocycles. The number of ether oxygens (including phenoxy) is 2. The van der Waals surface area contributed by atoms with Gasteiger partial charge in [-0.2, -0.15) is 5.26 Å². The molecular formula is C21H21ClN2O3. The van der Waals surface area contributed by atoms with Gasteiger partial charge in [-0.3, -0.25) is 4.79 Å². The van der Waals surface area contributed by atoms with Crippen molar-refractivity contribution in [2.75, 3.05) is 18.5 Å². The van der Waals surface area contributed by atoms with Gasteiger partial charge >= 0.3 is 0 Å². The first-order valence-corrected chi connectivity index (χ1v) is 8.95. The van der Waals surface area contributed by atoms with Gasteiger partial charge in [-0.1, -0.05) is 23.7 Å². The Labute approximate surface area is 164 Å². The van der Waals surface area contributed by atoms with Crippen LogP contribution in [0.2, 0.25) is 5.02 Å². The van der Waals surface area contributed by atoms with Gasteiger partial charge in [-0.25, -0.2) is 0 Å². The molecule has 0 radical (unpaired) electrons. The van der Waals surface area contributed by atoms with Gasteiger partial charge < -0.3 is 14.8 Å². The number of nitrogens with zero attached hydrogens (tertiary/aromatic N) is 1. The maximum Gasteiger partial charge on any atom is 0.266 e. The lowest BCUT2D eigenvalue weighted by atomic mass is 10.1. The van der Waals surface area contributed by atoms with Gasteiger partial charge in [-0.15, -0.1) is 0 Å². The van der Waals surface area contributed by atoms with Gasteiger partial charge in [0, 0.05) is 5.69 Å². The molecule has 0 aromatic heterocycles. The number of anilines is 1. The molecule has 5 nitrogen and oxygen atoms in total. The number of benzene rings is 2. The van der Waals surface area contributed by atoms with Gasteiger partial charge in [0.25, 0.3) is 5.91 Å². The van der Waals surface area contributed by atoms with Crippen LogP contribution in [-0.4, -0.2) is 19.1 Å². The zero-order chi connectivity index (χ0) is 19.8. The maximum atomic E-state index is 12.4. The van der Waals surface area contributed by atoms with Crippen LogP contribution >= 0.6 is 11.6 Å². The van der Waals surface area contributed by atoms with Crippen LogP contribution < -0.4 is 14.8 Å². The normalized spacial score (nSPS) is 10.9. The summed E-state index contributed by atoms with van der Waals surface area (Å²) in [5, 5.41) is 12.5. The van der Waals surface area contributed by atoms with Crippen molar-refractivity contribution in [1.29, 1.82) is 5.26 Å². The third-order valence-corrected chi connectivity index (χ3v) is 3.85. The fourth-order valence-electron chi connectivity index (χ4n) is 2.46. The summed E-state index contributed by atoms with van der Waals surface area (Å²) in [5.74, 6) is 0.418. The predicted octanol–water partition coefficient (Wildman–Crippen LogP) is 4.99. The van der Waals surface area contributed by atoms with E-state index < -0.39 is 5.91 Å². The highest BCUT2D eigenvalue weighted by Crippen LogP contribution is 2.37. The molecule has 6 heteroatoms. The van der Waals surface area contributed by atoms with E-state index in [9.17, 15) is 10.1 Å². The largest absolute Gasteiger partial charge is 0.490 e. The lowest BCUT2D eigenvalue weighted by Crippen LogP contribution is -2.13. The van der Waals surface area contributed by atoms with Crippen LogP contribution in [0.3, 0.4) is 0 Å². The average Bonchev–Trinajstić information content (AvgIpc) is 2.62. The van der Waals surface area contributed by atoms with Crippen molar-refractivity contribution in [3.63, 3.8) is 0 Å². The number of halogens is 1. The molecule has 0 aliphatic rings. The summed E-state index contributed by atoms with van der Waals surface area (Å²) in [6, 6.07) is 12.6. The summed E-state index contributed by atoms with van der Waals surface area (Å²) in [5.41, 5.74) is 2.16. The van der Waals surface area contributed by atoms with Gasteiger partial charge in [0.2, 0.25) is 0 Å². The van der Waals surface area contributed by atoms with E-state index in [4.69, 9.17) is 21.1 Å². The molecule has 0 spiro atoms. The summed E-state index contributed by atoms with van der Waals surface area (Å²) < 4.78 is 11.1. The quantitative estimate of drug-likeness (QED) is 0.539. The first-order valence-electron chi connectivity index (χ1n) is 8.57. The van der Waals surface area contributed by atoms with Gasteiger partial charge in [0.1, 0.15) is 11.6 Å². The Morgan fingerprint density at radius 3 is 2.59 bits per heavy atom. The third-order valence-electron chi connectivity index (χ3n) is 3.57. The van der Waals surface area contributed by atoms with E-state index in [1.807, 2.05) is 45.0 Å². The Morgan fingerprint density at radius 2 is 1.96 bits per heavy atom. The summed E-state index contributed by atoms with van der Waals surface area (Å²) in [7, 11) is 0. The summed E-state index contributed by atoms with van der Waals surface area (Å²) >= 11 is 6.28. The summed E-state index contributed by atoms with van der Waals surface area (Å²) in [6.07, 6.45) is 1.47. The van der Waals surface area contributed by atoms with E-state index in [1.54, 1.807) is 18.2 Å². The molecule has 0 aliphatic carbocycles. The van der Waals surface area contributed by atoms with Crippen LogP contribution in [0.4, 0.5) is 5.69 Å². The second kappa shape index (κ2) is 9.65. The molecule has 0 bridgehead atoms. The molecule has 2 aromatic rings. The fraction of sp³-hybridized carbons (Fsp3) is 0.238. The van der Waals surface area contributed by atoms with Crippen LogP contribution in [0.5, 0.6) is 11.5 Å². The lowest BCUT2D eigenvalue weighted by Gasteiger charge is -2.13. The first kappa shape index (κ1) is 20.3. The molecule has 0 saturated heterocycles. The van der Waals surface area contributed by atoms with E-state index >= 15 is 0 Å². The maximum absolute atomic E-state index is 12.4. The Kier molecular flexibility index (Phi) is 7.27. The van der Waals surface area contributed by atoms with Crippen LogP contribution in [-0.2, 0) is 4.79 Å². The number of nitriles is 1. The predicted molar refractivity (Wildman–Crippen MR) is 107 cm³/mol. The summed E-state index contributed by atoms with van der Waals surface area (Å²) in [6.45, 7) is 6.50. The molecule has 2 aromatic carbocycles. The first-order chi connectivity index (χ1) is 13.0. The zero-order valence-corrected chi connectivity index (χ0v) is 16.3. The van der Waals surface area contributed by atoms with Crippen LogP contribution in [0, 0.1) is 18.3 Å². The minimum Gasteiger partial charge on any atom is -0.490 e. The van der Waals surface area contributed by atoms with Gasteiger partial charge in [-0.05, 0) is 62.2 Å².